The highest BCUT2D eigenvalue weighted by molar-refractivity contribution is 5.95. The molecule has 0 aliphatic carbocycles. The second-order valence-corrected chi connectivity index (χ2v) is 6.70. The summed E-state index contributed by atoms with van der Waals surface area (Å²) in [6.45, 7) is 0.135. The van der Waals surface area contributed by atoms with Crippen LogP contribution in [0.15, 0.2) is 71.5 Å². The molecule has 8 heteroatoms. The summed E-state index contributed by atoms with van der Waals surface area (Å²) in [7, 11) is 0. The van der Waals surface area contributed by atoms with Crippen LogP contribution in [0.4, 0.5) is 10.8 Å². The van der Waals surface area contributed by atoms with Gasteiger partial charge in [-0.2, -0.15) is 0 Å². The van der Waals surface area contributed by atoms with E-state index in [4.69, 9.17) is 9.15 Å². The van der Waals surface area contributed by atoms with Crippen LogP contribution < -0.4 is 5.32 Å². The fraction of sp³-hybridized carbons (Fsp3) is 0.238. The third kappa shape index (κ3) is 4.26. The molecule has 2 heterocycles. The lowest BCUT2D eigenvalue weighted by Crippen LogP contribution is -2.44. The lowest BCUT2D eigenvalue weighted by Gasteiger charge is -2.29. The van der Waals surface area contributed by atoms with Crippen molar-refractivity contribution in [3.05, 3.63) is 78.2 Å². The van der Waals surface area contributed by atoms with Crippen molar-refractivity contribution in [2.75, 3.05) is 5.32 Å². The number of anilines is 1. The van der Waals surface area contributed by atoms with Crippen LogP contribution in [0.25, 0.3) is 0 Å². The zero-order chi connectivity index (χ0) is 20.1. The van der Waals surface area contributed by atoms with E-state index < -0.39 is 12.1 Å². The number of benzene rings is 2. The number of hydrogen-bond acceptors (Lipinski definition) is 6. The van der Waals surface area contributed by atoms with Crippen molar-refractivity contribution in [3.8, 4) is 0 Å². The van der Waals surface area contributed by atoms with E-state index in [0.29, 0.717) is 12.8 Å². The fourth-order valence-corrected chi connectivity index (χ4v) is 3.54. The van der Waals surface area contributed by atoms with Crippen molar-refractivity contribution in [1.82, 2.24) is 15.1 Å². The van der Waals surface area contributed by atoms with Gasteiger partial charge in [-0.1, -0.05) is 65.8 Å². The van der Waals surface area contributed by atoms with Gasteiger partial charge in [0.15, 0.2) is 0 Å². The van der Waals surface area contributed by atoms with E-state index in [2.05, 4.69) is 15.5 Å². The molecule has 0 bridgehead atoms. The summed E-state index contributed by atoms with van der Waals surface area (Å²) in [6.07, 6.45) is 1.74. The highest BCUT2D eigenvalue weighted by atomic mass is 16.6. The Labute approximate surface area is 167 Å². The Bertz CT molecular complexity index is 947. The van der Waals surface area contributed by atoms with E-state index in [1.807, 2.05) is 60.7 Å². The molecular weight excluding hydrogens is 372 g/mol. The summed E-state index contributed by atoms with van der Waals surface area (Å²) in [6, 6.07) is 18.1. The number of amides is 2. The van der Waals surface area contributed by atoms with E-state index in [-0.39, 0.29) is 24.6 Å². The van der Waals surface area contributed by atoms with Gasteiger partial charge in [-0.25, -0.2) is 4.79 Å². The molecule has 2 unspecified atom stereocenters. The maximum absolute atomic E-state index is 13.0. The minimum atomic E-state index is -0.699. The Morgan fingerprint density at radius 3 is 2.48 bits per heavy atom. The Morgan fingerprint density at radius 1 is 1.07 bits per heavy atom. The topological polar surface area (TPSA) is 97.6 Å². The van der Waals surface area contributed by atoms with Gasteiger partial charge in [-0.05, 0) is 24.0 Å². The molecule has 1 aliphatic rings. The number of ether oxygens (including phenoxy) is 1. The third-order valence-electron chi connectivity index (χ3n) is 4.88. The van der Waals surface area contributed by atoms with Gasteiger partial charge in [0.05, 0.1) is 6.04 Å². The molecule has 29 heavy (non-hydrogen) atoms. The third-order valence-corrected chi connectivity index (χ3v) is 4.88. The molecule has 2 aromatic carbocycles. The average Bonchev–Trinajstić information content (AvgIpc) is 3.43. The minimum Gasteiger partial charge on any atom is -0.445 e. The largest absolute Gasteiger partial charge is 0.445 e. The van der Waals surface area contributed by atoms with E-state index in [9.17, 15) is 9.59 Å². The number of rotatable bonds is 5. The fourth-order valence-electron chi connectivity index (χ4n) is 3.54. The van der Waals surface area contributed by atoms with Crippen LogP contribution in [0.3, 0.4) is 0 Å². The van der Waals surface area contributed by atoms with Crippen LogP contribution in [-0.4, -0.2) is 33.1 Å². The van der Waals surface area contributed by atoms with E-state index in [0.717, 1.165) is 17.5 Å². The molecule has 1 saturated heterocycles. The predicted molar refractivity (Wildman–Crippen MR) is 104 cm³/mol. The molecule has 8 nitrogen and oxygen atoms in total. The Morgan fingerprint density at radius 2 is 1.79 bits per heavy atom. The monoisotopic (exact) mass is 392 g/mol. The first-order chi connectivity index (χ1) is 14.2. The molecule has 0 spiro atoms. The molecule has 4 rings (SSSR count). The Kier molecular flexibility index (Phi) is 5.51. The number of nitrogens with one attached hydrogen (secondary N) is 1. The summed E-state index contributed by atoms with van der Waals surface area (Å²) in [5.41, 5.74) is 1.83. The van der Waals surface area contributed by atoms with E-state index in [1.165, 1.54) is 4.90 Å². The number of aromatic nitrogens is 2. The van der Waals surface area contributed by atoms with Crippen LogP contribution >= 0.6 is 0 Å². The van der Waals surface area contributed by atoms with Gasteiger partial charge in [-0.3, -0.25) is 15.0 Å². The van der Waals surface area contributed by atoms with Gasteiger partial charge in [-0.15, -0.1) is 5.10 Å². The smallest absolute Gasteiger partial charge is 0.411 e. The highest BCUT2D eigenvalue weighted by Gasteiger charge is 2.42. The molecule has 3 aromatic rings. The maximum Gasteiger partial charge on any atom is 0.411 e. The number of nitrogens with zero attached hydrogens (tertiary/aromatic N) is 3. The molecule has 148 valence electrons. The first kappa shape index (κ1) is 18.7. The van der Waals surface area contributed by atoms with Crippen LogP contribution in [0.1, 0.15) is 30.0 Å². The van der Waals surface area contributed by atoms with Gasteiger partial charge in [0.25, 0.3) is 5.91 Å². The first-order valence-corrected chi connectivity index (χ1v) is 9.33. The van der Waals surface area contributed by atoms with E-state index in [1.54, 1.807) is 0 Å². The highest BCUT2D eigenvalue weighted by Crippen LogP contribution is 2.37. The molecule has 0 saturated carbocycles. The first-order valence-electron chi connectivity index (χ1n) is 9.33. The number of carbonyl (C=O) groups excluding carboxylic acids is 2. The van der Waals surface area contributed by atoms with Gasteiger partial charge in [0.2, 0.25) is 6.39 Å². The van der Waals surface area contributed by atoms with Gasteiger partial charge in [0.1, 0.15) is 12.6 Å². The summed E-state index contributed by atoms with van der Waals surface area (Å²) < 4.78 is 10.5. The molecular formula is C21H20N4O4. The molecule has 1 fully saturated rings. The van der Waals surface area contributed by atoms with E-state index >= 15 is 0 Å². The van der Waals surface area contributed by atoms with Crippen LogP contribution in [0, 0.1) is 0 Å². The van der Waals surface area contributed by atoms with Crippen molar-refractivity contribution in [2.45, 2.75) is 31.5 Å². The predicted octanol–water partition coefficient (Wildman–Crippen LogP) is 3.55. The summed E-state index contributed by atoms with van der Waals surface area (Å²) in [5.74, 6) is -0.385. The van der Waals surface area contributed by atoms with Crippen molar-refractivity contribution in [1.29, 1.82) is 0 Å². The second kappa shape index (κ2) is 8.55. The lowest BCUT2D eigenvalue weighted by molar-refractivity contribution is -0.120. The Hall–Kier alpha value is -3.68. The SMILES string of the molecule is O=C(Nc1nnco1)C1CCC(c2ccccc2)N1C(=O)OCc1ccccc1. The van der Waals surface area contributed by atoms with Crippen molar-refractivity contribution < 1.29 is 18.7 Å². The van der Waals surface area contributed by atoms with Gasteiger partial charge >= 0.3 is 12.1 Å². The second-order valence-electron chi connectivity index (χ2n) is 6.70. The van der Waals surface area contributed by atoms with Crippen LogP contribution in [0.5, 0.6) is 0 Å². The molecule has 1 aliphatic heterocycles. The molecule has 0 radical (unpaired) electrons. The minimum absolute atomic E-state index is 0.00392. The number of likely N-dealkylation sites (tertiary alicyclic amines) is 1. The molecule has 1 aromatic heterocycles. The summed E-state index contributed by atoms with van der Waals surface area (Å²) >= 11 is 0. The number of carbonyl (C=O) groups is 2. The normalized spacial score (nSPS) is 18.4. The zero-order valence-electron chi connectivity index (χ0n) is 15.6. The average molecular weight is 392 g/mol. The summed E-state index contributed by atoms with van der Waals surface area (Å²) in [4.78, 5) is 27.3. The van der Waals surface area contributed by atoms with Gasteiger partial charge in [0, 0.05) is 0 Å². The van der Waals surface area contributed by atoms with Crippen LogP contribution in [0.2, 0.25) is 0 Å². The molecule has 1 N–H and O–H groups in total. The van der Waals surface area contributed by atoms with Gasteiger partial charge < -0.3 is 9.15 Å². The summed E-state index contributed by atoms with van der Waals surface area (Å²) in [5, 5.41) is 9.78. The Balaban J connectivity index is 1.53. The molecule has 2 amide bonds. The molecule has 2 atom stereocenters. The van der Waals surface area contributed by atoms with Crippen LogP contribution in [-0.2, 0) is 16.1 Å². The van der Waals surface area contributed by atoms with Crippen molar-refractivity contribution in [2.24, 2.45) is 0 Å². The van der Waals surface area contributed by atoms with Crippen molar-refractivity contribution >= 4 is 18.0 Å². The standard InChI is InChI=1S/C21H20N4O4/c26-19(23-20-24-22-14-29-20)18-12-11-17(16-9-5-2-6-10-16)25(18)21(27)28-13-15-7-3-1-4-8-15/h1-10,14,17-18H,11-13H2,(H,23,24,26). The number of hydrogen-bond donors (Lipinski definition) is 1. The maximum atomic E-state index is 13.0. The zero-order valence-corrected chi connectivity index (χ0v) is 15.6. The quantitative estimate of drug-likeness (QED) is 0.713. The lowest BCUT2D eigenvalue weighted by atomic mass is 10.1. The van der Waals surface area contributed by atoms with Crippen molar-refractivity contribution in [3.63, 3.8) is 0 Å².